The predicted octanol–water partition coefficient (Wildman–Crippen LogP) is 8.73. The second-order valence-electron chi connectivity index (χ2n) is 17.5. The molecule has 0 aliphatic carbocycles. The predicted molar refractivity (Wildman–Crippen MR) is 283 cm³/mol. The Morgan fingerprint density at radius 1 is 0.493 bits per heavy atom. The van der Waals surface area contributed by atoms with Crippen molar-refractivity contribution in [2.24, 2.45) is 5.84 Å². The summed E-state index contributed by atoms with van der Waals surface area (Å²) in [5.41, 5.74) is 21.7. The monoisotopic (exact) mass is 962 g/mol. The van der Waals surface area contributed by atoms with E-state index < -0.39 is 0 Å². The highest BCUT2D eigenvalue weighted by Gasteiger charge is 2.16. The van der Waals surface area contributed by atoms with Crippen molar-refractivity contribution in [3.05, 3.63) is 173 Å². The molecule has 15 heteroatoms. The zero-order valence-corrected chi connectivity index (χ0v) is 42.1. The molecule has 7 aromatic rings. The molecule has 8 N–H and O–H groups in total. The molecule has 0 saturated heterocycles. The van der Waals surface area contributed by atoms with Gasteiger partial charge in [-0.1, -0.05) is 89.5 Å². The molecule has 3 amide bonds. The average molecular weight is 962 g/mol. The van der Waals surface area contributed by atoms with E-state index in [-0.39, 0.29) is 35.8 Å². The summed E-state index contributed by atoms with van der Waals surface area (Å²) < 4.78 is 15.2. The number of benzene rings is 6. The Bertz CT molecular complexity index is 2800. The van der Waals surface area contributed by atoms with Gasteiger partial charge in [0.2, 0.25) is 0 Å². The van der Waals surface area contributed by atoms with Gasteiger partial charge in [-0.2, -0.15) is 15.0 Å². The first kappa shape index (κ1) is 54.3. The third-order valence-electron chi connectivity index (χ3n) is 10.9. The number of anilines is 2. The molecule has 3 unspecified atom stereocenters. The van der Waals surface area contributed by atoms with Crippen LogP contribution in [0.1, 0.15) is 68.5 Å². The van der Waals surface area contributed by atoms with Gasteiger partial charge in [0.05, 0.1) is 37.9 Å². The number of carbonyl (C=O) groups excluding carboxylic acids is 3. The molecule has 15 nitrogen and oxygen atoms in total. The SMILES string of the molecule is COCC(C)NC(=O)c1cc(-c2ccc(C)cc2)cc(-n2nccn2)c1.COCC(C)NC(=O)c1cc(N)cc(-c2ccc(C)cc2)c1.COCC(C)NC(=O)c1cc(NN)cc(-c2ccc(C)cc2)c1. The zero-order chi connectivity index (χ0) is 51.5. The third kappa shape index (κ3) is 16.8. The minimum absolute atomic E-state index is 0.0539. The Morgan fingerprint density at radius 2 is 0.845 bits per heavy atom. The van der Waals surface area contributed by atoms with Gasteiger partial charge in [-0.05, 0) is 130 Å². The maximum atomic E-state index is 12.7. The van der Waals surface area contributed by atoms with E-state index in [1.54, 1.807) is 51.9 Å². The quantitative estimate of drug-likeness (QED) is 0.0289. The van der Waals surface area contributed by atoms with Crippen LogP contribution in [0, 0.1) is 20.8 Å². The van der Waals surface area contributed by atoms with Crippen LogP contribution >= 0.6 is 0 Å². The number of nitrogens with one attached hydrogen (secondary N) is 4. The number of hydrogen-bond donors (Lipinski definition) is 6. The highest BCUT2D eigenvalue weighted by molar-refractivity contribution is 5.98. The van der Waals surface area contributed by atoms with Gasteiger partial charge in [-0.15, -0.1) is 0 Å². The van der Waals surface area contributed by atoms with E-state index in [9.17, 15) is 14.4 Å². The number of hydrogen-bond acceptors (Lipinski definition) is 11. The summed E-state index contributed by atoms with van der Waals surface area (Å²) in [6.45, 7) is 13.2. The first-order valence-electron chi connectivity index (χ1n) is 23.2. The summed E-state index contributed by atoms with van der Waals surface area (Å²) in [6.07, 6.45) is 3.22. The number of hydrazine groups is 1. The van der Waals surface area contributed by atoms with Crippen LogP contribution in [0.3, 0.4) is 0 Å². The van der Waals surface area contributed by atoms with Crippen molar-refractivity contribution in [3.63, 3.8) is 0 Å². The van der Waals surface area contributed by atoms with Crippen LogP contribution in [0.15, 0.2) is 140 Å². The van der Waals surface area contributed by atoms with E-state index in [2.05, 4.69) is 43.7 Å². The van der Waals surface area contributed by atoms with Crippen molar-refractivity contribution in [2.45, 2.75) is 59.7 Å². The highest BCUT2D eigenvalue weighted by atomic mass is 16.5. The number of rotatable bonds is 17. The summed E-state index contributed by atoms with van der Waals surface area (Å²) in [6, 6.07) is 40.8. The van der Waals surface area contributed by atoms with Crippen LogP contribution in [0.5, 0.6) is 0 Å². The van der Waals surface area contributed by atoms with Gasteiger partial charge in [0, 0.05) is 67.5 Å². The number of nitrogen functional groups attached to an aromatic ring is 2. The van der Waals surface area contributed by atoms with Gasteiger partial charge in [0.25, 0.3) is 17.7 Å². The lowest BCUT2D eigenvalue weighted by molar-refractivity contribution is 0.0898. The Morgan fingerprint density at radius 3 is 1.23 bits per heavy atom. The molecule has 6 aromatic carbocycles. The minimum Gasteiger partial charge on any atom is -0.399 e. The van der Waals surface area contributed by atoms with E-state index in [1.807, 2.05) is 139 Å². The molecule has 1 heterocycles. The summed E-state index contributed by atoms with van der Waals surface area (Å²) in [5.74, 6) is 5.08. The van der Waals surface area contributed by atoms with E-state index >= 15 is 0 Å². The van der Waals surface area contributed by atoms with E-state index in [1.165, 1.54) is 21.5 Å². The van der Waals surface area contributed by atoms with Crippen LogP contribution in [-0.2, 0) is 14.2 Å². The van der Waals surface area contributed by atoms with Crippen LogP contribution in [0.2, 0.25) is 0 Å². The molecule has 7 rings (SSSR count). The maximum absolute atomic E-state index is 12.7. The van der Waals surface area contributed by atoms with Crippen molar-refractivity contribution in [2.75, 3.05) is 52.3 Å². The van der Waals surface area contributed by atoms with Crippen LogP contribution in [0.25, 0.3) is 39.1 Å². The first-order valence-corrected chi connectivity index (χ1v) is 23.2. The number of carbonyl (C=O) groups is 3. The fourth-order valence-corrected chi connectivity index (χ4v) is 7.37. The van der Waals surface area contributed by atoms with Gasteiger partial charge in [-0.3, -0.25) is 20.2 Å². The van der Waals surface area contributed by atoms with Gasteiger partial charge in [-0.25, -0.2) is 0 Å². The number of methoxy groups -OCH3 is 3. The second kappa shape index (κ2) is 26.9. The summed E-state index contributed by atoms with van der Waals surface area (Å²) in [7, 11) is 4.83. The number of nitrogens with zero attached hydrogens (tertiary/aromatic N) is 3. The van der Waals surface area contributed by atoms with E-state index in [4.69, 9.17) is 25.8 Å². The molecule has 3 atom stereocenters. The zero-order valence-electron chi connectivity index (χ0n) is 42.1. The fourth-order valence-electron chi connectivity index (χ4n) is 7.37. The third-order valence-corrected chi connectivity index (χ3v) is 10.9. The normalized spacial score (nSPS) is 11.9. The number of aromatic nitrogens is 3. The summed E-state index contributed by atoms with van der Waals surface area (Å²) in [4.78, 5) is 38.9. The van der Waals surface area contributed by atoms with Crippen molar-refractivity contribution >= 4 is 29.1 Å². The van der Waals surface area contributed by atoms with Crippen molar-refractivity contribution in [1.29, 1.82) is 0 Å². The molecule has 0 aliphatic heterocycles. The lowest BCUT2D eigenvalue weighted by Crippen LogP contribution is -2.35. The Hall–Kier alpha value is -7.69. The molecule has 372 valence electrons. The molecule has 0 fully saturated rings. The largest absolute Gasteiger partial charge is 0.399 e. The van der Waals surface area contributed by atoms with Crippen molar-refractivity contribution in [1.82, 2.24) is 30.9 Å². The Kier molecular flexibility index (Phi) is 20.6. The Labute approximate surface area is 417 Å². The van der Waals surface area contributed by atoms with Crippen LogP contribution < -0.4 is 33.0 Å². The van der Waals surface area contributed by atoms with Gasteiger partial charge in [0.15, 0.2) is 0 Å². The van der Waals surface area contributed by atoms with Gasteiger partial charge >= 0.3 is 0 Å². The number of nitrogens with two attached hydrogens (primary N) is 2. The molecular weight excluding hydrogens is 895 g/mol. The topological polar surface area (TPSA) is 210 Å². The molecular formula is C56H67N9O6. The van der Waals surface area contributed by atoms with Gasteiger partial charge in [0.1, 0.15) is 0 Å². The number of ether oxygens (including phenoxy) is 3. The molecule has 71 heavy (non-hydrogen) atoms. The lowest BCUT2D eigenvalue weighted by Gasteiger charge is -2.14. The molecule has 0 bridgehead atoms. The number of amides is 3. The maximum Gasteiger partial charge on any atom is 0.251 e. The standard InChI is InChI=1S/C20H22N4O2.C18H23N3O2.C18H22N2O2/c1-14-4-6-16(7-5-14)17-10-18(20(25)23-15(2)13-26-3)12-19(11-17)24-21-8-9-22-24;1-12-4-6-14(7-5-12)15-8-16(10-17(9-15)21-19)18(22)20-13(2)11-23-3;1-12-4-6-14(7-5-12)15-8-16(10-17(19)9-15)18(21)20-13(2)11-22-3/h4-12,15H,13H2,1-3H3,(H,23,25);4-10,13,21H,11,19H2,1-3H3,(H,20,22);4-10,13H,11,19H2,1-3H3,(H,20,21). The van der Waals surface area contributed by atoms with Crippen molar-refractivity contribution in [3.8, 4) is 39.1 Å². The Balaban J connectivity index is 0.000000199. The summed E-state index contributed by atoms with van der Waals surface area (Å²) >= 11 is 0. The lowest BCUT2D eigenvalue weighted by atomic mass is 10.0. The molecule has 0 saturated carbocycles. The van der Waals surface area contributed by atoms with Crippen molar-refractivity contribution < 1.29 is 28.6 Å². The highest BCUT2D eigenvalue weighted by Crippen LogP contribution is 2.27. The van der Waals surface area contributed by atoms with E-state index in [0.29, 0.717) is 47.9 Å². The fraction of sp³-hybridized carbons (Fsp3) is 0.268. The van der Waals surface area contributed by atoms with E-state index in [0.717, 1.165) is 39.1 Å². The minimum atomic E-state index is -0.156. The van der Waals surface area contributed by atoms with Crippen LogP contribution in [0.4, 0.5) is 11.4 Å². The van der Waals surface area contributed by atoms with Gasteiger partial charge < -0.3 is 41.3 Å². The smallest absolute Gasteiger partial charge is 0.251 e. The molecule has 1 aromatic heterocycles. The summed E-state index contributed by atoms with van der Waals surface area (Å²) in [5, 5.41) is 17.1. The molecule has 0 aliphatic rings. The second-order valence-corrected chi connectivity index (χ2v) is 17.5. The van der Waals surface area contributed by atoms with Crippen LogP contribution in [-0.4, -0.2) is 92.0 Å². The number of aryl methyl sites for hydroxylation is 3. The average Bonchev–Trinajstić information content (AvgIpc) is 3.90. The molecule has 0 spiro atoms. The first-order chi connectivity index (χ1) is 34.1. The molecule has 0 radical (unpaired) electrons.